The van der Waals surface area contributed by atoms with Crippen LogP contribution in [0.5, 0.6) is 0 Å². The summed E-state index contributed by atoms with van der Waals surface area (Å²) in [5.74, 6) is 0.399. The van der Waals surface area contributed by atoms with Crippen molar-refractivity contribution < 1.29 is 17.9 Å². The number of aromatic nitrogens is 2. The van der Waals surface area contributed by atoms with Crippen molar-refractivity contribution in [1.82, 2.24) is 13.9 Å². The Labute approximate surface area is 188 Å². The predicted octanol–water partition coefficient (Wildman–Crippen LogP) is 3.63. The molecule has 2 heterocycles. The first-order chi connectivity index (χ1) is 15.4. The molecule has 0 aliphatic carbocycles. The molecule has 0 atom stereocenters. The predicted molar refractivity (Wildman–Crippen MR) is 123 cm³/mol. The monoisotopic (exact) mass is 456 g/mol. The Morgan fingerprint density at radius 1 is 1.12 bits per heavy atom. The summed E-state index contributed by atoms with van der Waals surface area (Å²) in [5.41, 5.74) is 2.79. The van der Waals surface area contributed by atoms with Crippen LogP contribution in [0.1, 0.15) is 42.4 Å². The third-order valence-electron chi connectivity index (χ3n) is 5.80. The van der Waals surface area contributed by atoms with Crippen LogP contribution in [-0.4, -0.2) is 48.4 Å². The number of esters is 1. The van der Waals surface area contributed by atoms with Crippen LogP contribution in [0.15, 0.2) is 47.4 Å². The minimum Gasteiger partial charge on any atom is -0.465 e. The van der Waals surface area contributed by atoms with Crippen molar-refractivity contribution in [3.63, 3.8) is 0 Å². The Bertz CT molecular complexity index is 1230. The second kappa shape index (κ2) is 9.30. The number of piperidine rings is 1. The molecule has 4 rings (SSSR count). The number of nitrogens with one attached hydrogen (secondary N) is 1. The maximum Gasteiger partial charge on any atom is 0.337 e. The van der Waals surface area contributed by atoms with E-state index in [0.717, 1.165) is 36.3 Å². The van der Waals surface area contributed by atoms with Crippen LogP contribution in [-0.2, 0) is 27.8 Å². The molecular formula is C23H28N4O4S. The summed E-state index contributed by atoms with van der Waals surface area (Å²) in [7, 11) is -2.16. The summed E-state index contributed by atoms with van der Waals surface area (Å²) >= 11 is 0. The van der Waals surface area contributed by atoms with E-state index in [1.54, 1.807) is 34.6 Å². The number of fused-ring (bicyclic) bond motifs is 1. The molecule has 170 valence electrons. The quantitative estimate of drug-likeness (QED) is 0.546. The molecular weight excluding hydrogens is 428 g/mol. The molecule has 9 heteroatoms. The van der Waals surface area contributed by atoms with E-state index in [0.29, 0.717) is 37.3 Å². The molecule has 1 fully saturated rings. The van der Waals surface area contributed by atoms with Gasteiger partial charge in [0.25, 0.3) is 0 Å². The van der Waals surface area contributed by atoms with E-state index in [2.05, 4.69) is 9.88 Å². The van der Waals surface area contributed by atoms with E-state index < -0.39 is 16.0 Å². The van der Waals surface area contributed by atoms with E-state index in [4.69, 9.17) is 9.72 Å². The van der Waals surface area contributed by atoms with Gasteiger partial charge in [0.2, 0.25) is 10.0 Å². The van der Waals surface area contributed by atoms with E-state index in [-0.39, 0.29) is 4.90 Å². The molecule has 1 aliphatic rings. The molecule has 0 spiro atoms. The topological polar surface area (TPSA) is 93.5 Å². The molecule has 1 saturated heterocycles. The normalized spacial score (nSPS) is 15.1. The van der Waals surface area contributed by atoms with Gasteiger partial charge in [-0.05, 0) is 56.2 Å². The van der Waals surface area contributed by atoms with Gasteiger partial charge in [-0.2, -0.15) is 4.31 Å². The van der Waals surface area contributed by atoms with Gasteiger partial charge in [-0.25, -0.2) is 18.2 Å². The highest BCUT2D eigenvalue weighted by Gasteiger charge is 2.26. The maximum absolute atomic E-state index is 13.1. The summed E-state index contributed by atoms with van der Waals surface area (Å²) in [6.45, 7) is 4.31. The minimum atomic E-state index is -3.51. The molecule has 1 N–H and O–H groups in total. The van der Waals surface area contributed by atoms with Gasteiger partial charge in [0.05, 0.1) is 35.1 Å². The fourth-order valence-corrected chi connectivity index (χ4v) is 5.65. The molecule has 0 saturated carbocycles. The zero-order chi connectivity index (χ0) is 22.7. The SMILES string of the molecule is CCn1c(CNc2cccc(C(=O)OC)c2)nc2cc(S(=O)(=O)N3CCCCC3)ccc21. The van der Waals surface area contributed by atoms with Gasteiger partial charge in [-0.3, -0.25) is 0 Å². The second-order valence-corrected chi connectivity index (χ2v) is 9.75. The van der Waals surface area contributed by atoms with Crippen molar-refractivity contribution >= 4 is 32.7 Å². The van der Waals surface area contributed by atoms with E-state index in [1.165, 1.54) is 7.11 Å². The van der Waals surface area contributed by atoms with Crippen molar-refractivity contribution in [2.75, 3.05) is 25.5 Å². The molecule has 1 aliphatic heterocycles. The summed E-state index contributed by atoms with van der Waals surface area (Å²) < 4.78 is 34.5. The highest BCUT2D eigenvalue weighted by Crippen LogP contribution is 2.25. The molecule has 0 unspecified atom stereocenters. The molecule has 0 bridgehead atoms. The van der Waals surface area contributed by atoms with Crippen LogP contribution >= 0.6 is 0 Å². The standard InChI is InChI=1S/C23H28N4O4S/c1-3-27-21-11-10-19(32(29,30)26-12-5-4-6-13-26)15-20(21)25-22(27)16-24-18-9-7-8-17(14-18)23(28)31-2/h7-11,14-15,24H,3-6,12-13,16H2,1-2H3. The largest absolute Gasteiger partial charge is 0.465 e. The van der Waals surface area contributed by atoms with E-state index in [9.17, 15) is 13.2 Å². The van der Waals surface area contributed by atoms with Gasteiger partial charge in [0.1, 0.15) is 5.82 Å². The number of hydrogen-bond acceptors (Lipinski definition) is 6. The van der Waals surface area contributed by atoms with Gasteiger partial charge in [-0.1, -0.05) is 12.5 Å². The van der Waals surface area contributed by atoms with Crippen LogP contribution in [0, 0.1) is 0 Å². The van der Waals surface area contributed by atoms with Gasteiger partial charge >= 0.3 is 5.97 Å². The van der Waals surface area contributed by atoms with Gasteiger partial charge < -0.3 is 14.6 Å². The molecule has 0 radical (unpaired) electrons. The van der Waals surface area contributed by atoms with Crippen molar-refractivity contribution in [2.45, 2.75) is 44.2 Å². The van der Waals surface area contributed by atoms with Crippen LogP contribution in [0.3, 0.4) is 0 Å². The lowest BCUT2D eigenvalue weighted by Crippen LogP contribution is -2.35. The van der Waals surface area contributed by atoms with Crippen LogP contribution in [0.2, 0.25) is 0 Å². The van der Waals surface area contributed by atoms with Gasteiger partial charge in [0, 0.05) is 25.3 Å². The first kappa shape index (κ1) is 22.3. The molecule has 1 aromatic heterocycles. The van der Waals surface area contributed by atoms with Crippen LogP contribution < -0.4 is 5.32 Å². The Morgan fingerprint density at radius 2 is 1.91 bits per heavy atom. The molecule has 3 aromatic rings. The summed E-state index contributed by atoms with van der Waals surface area (Å²) in [6.07, 6.45) is 2.88. The number of methoxy groups -OCH3 is 1. The Hall–Kier alpha value is -2.91. The second-order valence-electron chi connectivity index (χ2n) is 7.81. The average Bonchev–Trinajstić information content (AvgIpc) is 3.19. The average molecular weight is 457 g/mol. The highest BCUT2D eigenvalue weighted by atomic mass is 32.2. The Balaban J connectivity index is 1.60. The van der Waals surface area contributed by atoms with Crippen LogP contribution in [0.4, 0.5) is 5.69 Å². The molecule has 32 heavy (non-hydrogen) atoms. The third-order valence-corrected chi connectivity index (χ3v) is 7.70. The lowest BCUT2D eigenvalue weighted by molar-refractivity contribution is 0.0600. The number of anilines is 1. The van der Waals surface area contributed by atoms with E-state index >= 15 is 0 Å². The number of imidazole rings is 1. The number of nitrogens with zero attached hydrogens (tertiary/aromatic N) is 3. The first-order valence-electron chi connectivity index (χ1n) is 10.9. The number of aryl methyl sites for hydroxylation is 1. The minimum absolute atomic E-state index is 0.290. The zero-order valence-electron chi connectivity index (χ0n) is 18.4. The Kier molecular flexibility index (Phi) is 6.48. The molecule has 0 amide bonds. The summed E-state index contributed by atoms with van der Waals surface area (Å²) in [6, 6.07) is 12.3. The van der Waals surface area contributed by atoms with Crippen molar-refractivity contribution in [2.24, 2.45) is 0 Å². The van der Waals surface area contributed by atoms with Gasteiger partial charge in [-0.15, -0.1) is 0 Å². The Morgan fingerprint density at radius 3 is 2.62 bits per heavy atom. The fourth-order valence-electron chi connectivity index (χ4n) is 4.12. The number of benzene rings is 2. The van der Waals surface area contributed by atoms with Crippen LogP contribution in [0.25, 0.3) is 11.0 Å². The first-order valence-corrected chi connectivity index (χ1v) is 12.3. The lowest BCUT2D eigenvalue weighted by Gasteiger charge is -2.25. The zero-order valence-corrected chi connectivity index (χ0v) is 19.2. The number of ether oxygens (including phenoxy) is 1. The van der Waals surface area contributed by atoms with Crippen molar-refractivity contribution in [1.29, 1.82) is 0 Å². The fraction of sp³-hybridized carbons (Fsp3) is 0.391. The van der Waals surface area contributed by atoms with E-state index in [1.807, 2.05) is 19.1 Å². The summed E-state index contributed by atoms with van der Waals surface area (Å²) in [4.78, 5) is 16.8. The molecule has 2 aromatic carbocycles. The van der Waals surface area contributed by atoms with Crippen molar-refractivity contribution in [3.8, 4) is 0 Å². The lowest BCUT2D eigenvalue weighted by atomic mass is 10.2. The van der Waals surface area contributed by atoms with Crippen molar-refractivity contribution in [3.05, 3.63) is 53.9 Å². The number of carbonyl (C=O) groups is 1. The molecule has 8 nitrogen and oxygen atoms in total. The number of rotatable bonds is 7. The smallest absolute Gasteiger partial charge is 0.337 e. The third kappa shape index (κ3) is 4.35. The maximum atomic E-state index is 13.1. The van der Waals surface area contributed by atoms with Gasteiger partial charge in [0.15, 0.2) is 0 Å². The number of sulfonamides is 1. The number of hydrogen-bond donors (Lipinski definition) is 1. The summed E-state index contributed by atoms with van der Waals surface area (Å²) in [5, 5.41) is 3.29. The number of carbonyl (C=O) groups excluding carboxylic acids is 1. The highest BCUT2D eigenvalue weighted by molar-refractivity contribution is 7.89.